The normalized spacial score (nSPS) is 14.4. The van der Waals surface area contributed by atoms with Gasteiger partial charge in [0, 0.05) is 25.6 Å². The Labute approximate surface area is 184 Å². The smallest absolute Gasteiger partial charge is 0.260 e. The Bertz CT molecular complexity index is 828. The van der Waals surface area contributed by atoms with Crippen molar-refractivity contribution in [3.63, 3.8) is 0 Å². The number of likely N-dealkylation sites (tertiary alicyclic amines) is 1. The first-order valence-electron chi connectivity index (χ1n) is 11.0. The van der Waals surface area contributed by atoms with Crippen LogP contribution in [0.25, 0.3) is 0 Å². The monoisotopic (exact) mass is 424 g/mol. The summed E-state index contributed by atoms with van der Waals surface area (Å²) in [6, 6.07) is 17.3. The van der Waals surface area contributed by atoms with Gasteiger partial charge in [0.15, 0.2) is 6.61 Å². The van der Waals surface area contributed by atoms with Crippen molar-refractivity contribution in [3.05, 3.63) is 60.2 Å². The van der Waals surface area contributed by atoms with Gasteiger partial charge in [0.05, 0.1) is 6.10 Å². The maximum atomic E-state index is 12.5. The van der Waals surface area contributed by atoms with Gasteiger partial charge in [-0.3, -0.25) is 9.59 Å². The van der Waals surface area contributed by atoms with E-state index in [9.17, 15) is 9.59 Å². The molecule has 1 aliphatic rings. The lowest BCUT2D eigenvalue weighted by molar-refractivity contribution is -0.137. The van der Waals surface area contributed by atoms with Crippen LogP contribution in [-0.2, 0) is 16.0 Å². The molecule has 1 saturated heterocycles. The van der Waals surface area contributed by atoms with Gasteiger partial charge in [-0.2, -0.15) is 0 Å². The molecule has 31 heavy (non-hydrogen) atoms. The molecule has 0 aliphatic carbocycles. The minimum absolute atomic E-state index is 0.0296. The van der Waals surface area contributed by atoms with Gasteiger partial charge < -0.3 is 19.7 Å². The number of para-hydroxylation sites is 1. The molecule has 2 amide bonds. The Hall–Kier alpha value is -3.02. The first-order chi connectivity index (χ1) is 15.0. The van der Waals surface area contributed by atoms with E-state index in [2.05, 4.69) is 5.32 Å². The number of hydrogen-bond donors (Lipinski definition) is 1. The largest absolute Gasteiger partial charge is 0.491 e. The van der Waals surface area contributed by atoms with E-state index in [0.29, 0.717) is 38.2 Å². The Balaban J connectivity index is 1.33. The van der Waals surface area contributed by atoms with E-state index in [4.69, 9.17) is 9.47 Å². The summed E-state index contributed by atoms with van der Waals surface area (Å²) in [5.41, 5.74) is 1.16. The van der Waals surface area contributed by atoms with E-state index in [1.807, 2.05) is 68.4 Å². The third-order valence-electron chi connectivity index (χ3n) is 5.33. The Morgan fingerprint density at radius 1 is 1.00 bits per heavy atom. The number of piperidine rings is 1. The molecule has 6 heteroatoms. The number of nitrogens with zero attached hydrogens (tertiary/aromatic N) is 1. The SMILES string of the molecule is CC(C)Oc1ccc(CCNC(=O)C2CCN(C(=O)COc3ccccc3)CC2)cc1. The fraction of sp³-hybridized carbons (Fsp3) is 0.440. The van der Waals surface area contributed by atoms with E-state index in [1.165, 1.54) is 0 Å². The molecule has 1 aliphatic heterocycles. The second-order valence-corrected chi connectivity index (χ2v) is 8.11. The maximum Gasteiger partial charge on any atom is 0.260 e. The molecular weight excluding hydrogens is 392 g/mol. The van der Waals surface area contributed by atoms with E-state index in [1.54, 1.807) is 4.90 Å². The van der Waals surface area contributed by atoms with Gasteiger partial charge in [-0.1, -0.05) is 30.3 Å². The van der Waals surface area contributed by atoms with Gasteiger partial charge in [0.25, 0.3) is 5.91 Å². The second kappa shape index (κ2) is 11.4. The van der Waals surface area contributed by atoms with Crippen LogP contribution in [0, 0.1) is 5.92 Å². The topological polar surface area (TPSA) is 67.9 Å². The molecule has 0 bridgehead atoms. The highest BCUT2D eigenvalue weighted by molar-refractivity contribution is 5.80. The summed E-state index contributed by atoms with van der Waals surface area (Å²) in [5, 5.41) is 3.04. The first-order valence-corrected chi connectivity index (χ1v) is 11.0. The highest BCUT2D eigenvalue weighted by Crippen LogP contribution is 2.18. The van der Waals surface area contributed by atoms with Crippen LogP contribution in [0.2, 0.25) is 0 Å². The van der Waals surface area contributed by atoms with Crippen molar-refractivity contribution in [3.8, 4) is 11.5 Å². The van der Waals surface area contributed by atoms with Gasteiger partial charge >= 0.3 is 0 Å². The van der Waals surface area contributed by atoms with Gasteiger partial charge in [-0.05, 0) is 62.9 Å². The average Bonchev–Trinajstić information content (AvgIpc) is 2.79. The standard InChI is InChI=1S/C25H32N2O4/c1-19(2)31-23-10-8-20(9-11-23)12-15-26-25(29)21-13-16-27(17-14-21)24(28)18-30-22-6-4-3-5-7-22/h3-11,19,21H,12-18H2,1-2H3,(H,26,29). The number of nitrogens with one attached hydrogen (secondary N) is 1. The zero-order valence-electron chi connectivity index (χ0n) is 18.4. The zero-order chi connectivity index (χ0) is 22.1. The molecule has 1 heterocycles. The lowest BCUT2D eigenvalue weighted by atomic mass is 9.96. The van der Waals surface area contributed by atoms with Gasteiger partial charge in [0.2, 0.25) is 5.91 Å². The van der Waals surface area contributed by atoms with Crippen molar-refractivity contribution in [1.29, 1.82) is 0 Å². The fourth-order valence-electron chi connectivity index (χ4n) is 3.63. The van der Waals surface area contributed by atoms with Crippen LogP contribution in [0.15, 0.2) is 54.6 Å². The molecule has 1 fully saturated rings. The van der Waals surface area contributed by atoms with Crippen LogP contribution >= 0.6 is 0 Å². The predicted molar refractivity (Wildman–Crippen MR) is 120 cm³/mol. The minimum Gasteiger partial charge on any atom is -0.491 e. The van der Waals surface area contributed by atoms with Crippen LogP contribution in [0.4, 0.5) is 0 Å². The van der Waals surface area contributed by atoms with E-state index < -0.39 is 0 Å². The first kappa shape index (κ1) is 22.7. The van der Waals surface area contributed by atoms with Crippen molar-refractivity contribution in [2.75, 3.05) is 26.2 Å². The number of carbonyl (C=O) groups is 2. The highest BCUT2D eigenvalue weighted by Gasteiger charge is 2.27. The van der Waals surface area contributed by atoms with Crippen LogP contribution in [0.1, 0.15) is 32.3 Å². The molecule has 0 aromatic heterocycles. The quantitative estimate of drug-likeness (QED) is 0.670. The Morgan fingerprint density at radius 3 is 2.32 bits per heavy atom. The third kappa shape index (κ3) is 7.31. The summed E-state index contributed by atoms with van der Waals surface area (Å²) in [6.45, 7) is 5.82. The third-order valence-corrected chi connectivity index (χ3v) is 5.33. The number of rotatable bonds is 9. The van der Waals surface area contributed by atoms with E-state index in [-0.39, 0.29) is 30.4 Å². The summed E-state index contributed by atoms with van der Waals surface area (Å²) in [5.74, 6) is 1.55. The van der Waals surface area contributed by atoms with Crippen molar-refractivity contribution < 1.29 is 19.1 Å². The lowest BCUT2D eigenvalue weighted by Crippen LogP contribution is -2.44. The number of amides is 2. The van der Waals surface area contributed by atoms with Crippen LogP contribution < -0.4 is 14.8 Å². The van der Waals surface area contributed by atoms with Crippen molar-refractivity contribution in [1.82, 2.24) is 10.2 Å². The van der Waals surface area contributed by atoms with Crippen molar-refractivity contribution >= 4 is 11.8 Å². The van der Waals surface area contributed by atoms with Gasteiger partial charge in [-0.25, -0.2) is 0 Å². The second-order valence-electron chi connectivity index (χ2n) is 8.11. The molecule has 2 aromatic rings. The maximum absolute atomic E-state index is 12.5. The summed E-state index contributed by atoms with van der Waals surface area (Å²) in [6.07, 6.45) is 2.30. The van der Waals surface area contributed by atoms with Crippen LogP contribution in [0.3, 0.4) is 0 Å². The van der Waals surface area contributed by atoms with E-state index in [0.717, 1.165) is 17.7 Å². The molecule has 1 N–H and O–H groups in total. The predicted octanol–water partition coefficient (Wildman–Crippen LogP) is 3.45. The number of hydrogen-bond acceptors (Lipinski definition) is 4. The fourth-order valence-corrected chi connectivity index (χ4v) is 3.63. The summed E-state index contributed by atoms with van der Waals surface area (Å²) >= 11 is 0. The number of ether oxygens (including phenoxy) is 2. The summed E-state index contributed by atoms with van der Waals surface area (Å²) in [7, 11) is 0. The molecule has 3 rings (SSSR count). The van der Waals surface area contributed by atoms with Crippen LogP contribution in [-0.4, -0.2) is 49.1 Å². The number of carbonyl (C=O) groups excluding carboxylic acids is 2. The molecule has 0 saturated carbocycles. The van der Waals surface area contributed by atoms with Gasteiger partial charge in [0.1, 0.15) is 11.5 Å². The minimum atomic E-state index is -0.0408. The Kier molecular flexibility index (Phi) is 8.33. The van der Waals surface area contributed by atoms with Crippen molar-refractivity contribution in [2.24, 2.45) is 5.92 Å². The van der Waals surface area contributed by atoms with E-state index >= 15 is 0 Å². The highest BCUT2D eigenvalue weighted by atomic mass is 16.5. The van der Waals surface area contributed by atoms with Crippen LogP contribution in [0.5, 0.6) is 11.5 Å². The molecule has 6 nitrogen and oxygen atoms in total. The average molecular weight is 425 g/mol. The zero-order valence-corrected chi connectivity index (χ0v) is 18.4. The molecular formula is C25H32N2O4. The lowest BCUT2D eigenvalue weighted by Gasteiger charge is -2.31. The van der Waals surface area contributed by atoms with Crippen molar-refractivity contribution in [2.45, 2.75) is 39.2 Å². The number of benzene rings is 2. The molecule has 0 radical (unpaired) electrons. The molecule has 166 valence electrons. The Morgan fingerprint density at radius 2 is 1.68 bits per heavy atom. The molecule has 0 unspecified atom stereocenters. The molecule has 2 aromatic carbocycles. The molecule has 0 atom stereocenters. The molecule has 0 spiro atoms. The summed E-state index contributed by atoms with van der Waals surface area (Å²) < 4.78 is 11.2. The summed E-state index contributed by atoms with van der Waals surface area (Å²) in [4.78, 5) is 26.6. The van der Waals surface area contributed by atoms with Gasteiger partial charge in [-0.15, -0.1) is 0 Å².